The first-order valence-electron chi connectivity index (χ1n) is 6.54. The predicted octanol–water partition coefficient (Wildman–Crippen LogP) is 4.13. The molecule has 0 unspecified atom stereocenters. The van der Waals surface area contributed by atoms with Gasteiger partial charge in [0.05, 0.1) is 13.1 Å². The molecule has 5 heteroatoms. The summed E-state index contributed by atoms with van der Waals surface area (Å²) in [6.45, 7) is 7.82. The molecule has 0 saturated carbocycles. The zero-order valence-corrected chi connectivity index (χ0v) is 13.5. The van der Waals surface area contributed by atoms with Crippen LogP contribution in [0.25, 0.3) is 0 Å². The normalized spacial score (nSPS) is 11.8. The molecule has 1 aromatic carbocycles. The van der Waals surface area contributed by atoms with Crippen molar-refractivity contribution in [2.75, 3.05) is 0 Å². The average molecular weight is 312 g/mol. The molecule has 0 aliphatic rings. The largest absolute Gasteiger partial charge is 0.329 e. The summed E-state index contributed by atoms with van der Waals surface area (Å²) in [6.07, 6.45) is 3.77. The summed E-state index contributed by atoms with van der Waals surface area (Å²) >= 11 is 12.1. The summed E-state index contributed by atoms with van der Waals surface area (Å²) in [7, 11) is 0. The van der Waals surface area contributed by atoms with Gasteiger partial charge < -0.3 is 9.88 Å². The van der Waals surface area contributed by atoms with Gasteiger partial charge >= 0.3 is 0 Å². The number of nitrogens with zero attached hydrogens (tertiary/aromatic N) is 2. The molecule has 20 heavy (non-hydrogen) atoms. The van der Waals surface area contributed by atoms with E-state index in [1.54, 1.807) is 6.07 Å². The molecule has 0 fully saturated rings. The van der Waals surface area contributed by atoms with Crippen LogP contribution in [-0.2, 0) is 13.1 Å². The smallest absolute Gasteiger partial charge is 0.122 e. The Labute approximate surface area is 129 Å². The maximum Gasteiger partial charge on any atom is 0.122 e. The fourth-order valence-corrected chi connectivity index (χ4v) is 2.30. The van der Waals surface area contributed by atoms with E-state index in [-0.39, 0.29) is 5.54 Å². The molecule has 0 aliphatic heterocycles. The van der Waals surface area contributed by atoms with Crippen LogP contribution in [0, 0.1) is 0 Å². The van der Waals surface area contributed by atoms with Crippen LogP contribution in [0.3, 0.4) is 0 Å². The van der Waals surface area contributed by atoms with Crippen LogP contribution in [0.2, 0.25) is 10.0 Å². The van der Waals surface area contributed by atoms with E-state index in [1.807, 2.05) is 24.5 Å². The van der Waals surface area contributed by atoms with Gasteiger partial charge in [0.15, 0.2) is 0 Å². The van der Waals surface area contributed by atoms with E-state index >= 15 is 0 Å². The van der Waals surface area contributed by atoms with Gasteiger partial charge in [-0.3, -0.25) is 0 Å². The molecular weight excluding hydrogens is 293 g/mol. The molecular formula is C15H19Cl2N3. The monoisotopic (exact) mass is 311 g/mol. The molecule has 0 atom stereocenters. The van der Waals surface area contributed by atoms with Crippen LogP contribution in [0.5, 0.6) is 0 Å². The second-order valence-electron chi connectivity index (χ2n) is 5.81. The van der Waals surface area contributed by atoms with Gasteiger partial charge in [-0.2, -0.15) is 0 Å². The third-order valence-electron chi connectivity index (χ3n) is 2.93. The molecule has 1 aromatic heterocycles. The van der Waals surface area contributed by atoms with Crippen molar-refractivity contribution in [3.8, 4) is 0 Å². The molecule has 0 radical (unpaired) electrons. The molecule has 0 amide bonds. The molecule has 108 valence electrons. The van der Waals surface area contributed by atoms with Crippen molar-refractivity contribution in [3.05, 3.63) is 52.0 Å². The third kappa shape index (κ3) is 4.23. The Hall–Kier alpha value is -1.03. The molecule has 2 rings (SSSR count). The Balaban J connectivity index is 2.12. The van der Waals surface area contributed by atoms with Crippen molar-refractivity contribution in [3.63, 3.8) is 0 Å². The number of hydrogen-bond donors (Lipinski definition) is 1. The first-order valence-corrected chi connectivity index (χ1v) is 7.30. The number of rotatable bonds is 4. The average Bonchev–Trinajstić information content (AvgIpc) is 2.77. The minimum Gasteiger partial charge on any atom is -0.329 e. The number of imidazole rings is 1. The second kappa shape index (κ2) is 6.17. The van der Waals surface area contributed by atoms with Gasteiger partial charge in [-0.15, -0.1) is 0 Å². The van der Waals surface area contributed by atoms with Gasteiger partial charge in [-0.05, 0) is 38.5 Å². The highest BCUT2D eigenvalue weighted by Gasteiger charge is 2.12. The van der Waals surface area contributed by atoms with E-state index in [2.05, 4.69) is 35.6 Å². The van der Waals surface area contributed by atoms with E-state index in [9.17, 15) is 0 Å². The molecule has 2 aromatic rings. The highest BCUT2D eigenvalue weighted by atomic mass is 35.5. The Morgan fingerprint density at radius 1 is 1.25 bits per heavy atom. The Morgan fingerprint density at radius 3 is 2.65 bits per heavy atom. The SMILES string of the molecule is CC(C)(C)NCc1nccn1Cc1ccc(Cl)cc1Cl. The highest BCUT2D eigenvalue weighted by Crippen LogP contribution is 2.22. The van der Waals surface area contributed by atoms with E-state index in [0.717, 1.165) is 17.9 Å². The lowest BCUT2D eigenvalue weighted by Crippen LogP contribution is -2.36. The van der Waals surface area contributed by atoms with Crippen LogP contribution in [0.4, 0.5) is 0 Å². The van der Waals surface area contributed by atoms with E-state index in [1.165, 1.54) is 0 Å². The third-order valence-corrected chi connectivity index (χ3v) is 3.52. The van der Waals surface area contributed by atoms with Crippen molar-refractivity contribution < 1.29 is 0 Å². The predicted molar refractivity (Wildman–Crippen MR) is 84.4 cm³/mol. The number of halogens is 2. The molecule has 0 saturated heterocycles. The standard InChI is InChI=1S/C15H19Cl2N3/c1-15(2,3)19-9-14-18-6-7-20(14)10-11-4-5-12(16)8-13(11)17/h4-8,19H,9-10H2,1-3H3. The lowest BCUT2D eigenvalue weighted by molar-refractivity contribution is 0.413. The van der Waals surface area contributed by atoms with E-state index < -0.39 is 0 Å². The van der Waals surface area contributed by atoms with Crippen molar-refractivity contribution in [1.82, 2.24) is 14.9 Å². The minimum absolute atomic E-state index is 0.0642. The topological polar surface area (TPSA) is 29.9 Å². The van der Waals surface area contributed by atoms with Crippen LogP contribution in [-0.4, -0.2) is 15.1 Å². The van der Waals surface area contributed by atoms with Gasteiger partial charge in [-0.1, -0.05) is 29.3 Å². The fraction of sp³-hybridized carbons (Fsp3) is 0.400. The van der Waals surface area contributed by atoms with Crippen molar-refractivity contribution in [1.29, 1.82) is 0 Å². The van der Waals surface area contributed by atoms with Gasteiger partial charge in [0, 0.05) is 28.0 Å². The number of aromatic nitrogens is 2. The zero-order chi connectivity index (χ0) is 14.8. The summed E-state index contributed by atoms with van der Waals surface area (Å²) in [5.41, 5.74) is 1.10. The lowest BCUT2D eigenvalue weighted by atomic mass is 10.1. The maximum atomic E-state index is 6.21. The Bertz CT molecular complexity index is 585. The molecule has 1 heterocycles. The van der Waals surface area contributed by atoms with Crippen molar-refractivity contribution in [2.24, 2.45) is 0 Å². The highest BCUT2D eigenvalue weighted by molar-refractivity contribution is 6.35. The van der Waals surface area contributed by atoms with Crippen LogP contribution >= 0.6 is 23.2 Å². The van der Waals surface area contributed by atoms with Gasteiger partial charge in [0.2, 0.25) is 0 Å². The number of hydrogen-bond acceptors (Lipinski definition) is 2. The first kappa shape index (κ1) is 15.4. The van der Waals surface area contributed by atoms with Crippen molar-refractivity contribution >= 4 is 23.2 Å². The van der Waals surface area contributed by atoms with Crippen LogP contribution < -0.4 is 5.32 Å². The van der Waals surface area contributed by atoms with Gasteiger partial charge in [0.1, 0.15) is 5.82 Å². The minimum atomic E-state index is 0.0642. The molecule has 0 spiro atoms. The van der Waals surface area contributed by atoms with Gasteiger partial charge in [0.25, 0.3) is 0 Å². The second-order valence-corrected chi connectivity index (χ2v) is 6.65. The summed E-state index contributed by atoms with van der Waals surface area (Å²) < 4.78 is 2.09. The Morgan fingerprint density at radius 2 is 2.00 bits per heavy atom. The van der Waals surface area contributed by atoms with Gasteiger partial charge in [-0.25, -0.2) is 4.98 Å². The lowest BCUT2D eigenvalue weighted by Gasteiger charge is -2.20. The Kier molecular flexibility index (Phi) is 4.74. The van der Waals surface area contributed by atoms with Crippen molar-refractivity contribution in [2.45, 2.75) is 39.4 Å². The maximum absolute atomic E-state index is 6.21. The molecule has 0 aliphatic carbocycles. The quantitative estimate of drug-likeness (QED) is 0.920. The number of nitrogens with one attached hydrogen (secondary N) is 1. The molecule has 1 N–H and O–H groups in total. The fourth-order valence-electron chi connectivity index (χ4n) is 1.83. The number of benzene rings is 1. The van der Waals surface area contributed by atoms with E-state index in [0.29, 0.717) is 16.6 Å². The van der Waals surface area contributed by atoms with Crippen LogP contribution in [0.15, 0.2) is 30.6 Å². The summed E-state index contributed by atoms with van der Waals surface area (Å²) in [6, 6.07) is 5.57. The summed E-state index contributed by atoms with van der Waals surface area (Å²) in [5, 5.41) is 4.77. The summed E-state index contributed by atoms with van der Waals surface area (Å²) in [5.74, 6) is 0.992. The summed E-state index contributed by atoms with van der Waals surface area (Å²) in [4.78, 5) is 4.39. The first-order chi connectivity index (χ1) is 9.35. The van der Waals surface area contributed by atoms with Crippen LogP contribution in [0.1, 0.15) is 32.2 Å². The molecule has 3 nitrogen and oxygen atoms in total. The van der Waals surface area contributed by atoms with E-state index in [4.69, 9.17) is 23.2 Å². The molecule has 0 bridgehead atoms. The zero-order valence-electron chi connectivity index (χ0n) is 12.0.